The smallest absolute Gasteiger partial charge is 0.0521 e. The molecule has 2 atom stereocenters. The van der Waals surface area contributed by atoms with Gasteiger partial charge in [-0.1, -0.05) is 6.92 Å². The van der Waals surface area contributed by atoms with Gasteiger partial charge >= 0.3 is 0 Å². The maximum atomic E-state index is 5.64. The molecule has 0 aromatic rings. The minimum atomic E-state index is 0.623. The van der Waals surface area contributed by atoms with Crippen LogP contribution in [0.2, 0.25) is 0 Å². The molecule has 1 heterocycles. The van der Waals surface area contributed by atoms with Gasteiger partial charge in [0.1, 0.15) is 0 Å². The Bertz CT molecular complexity index is 211. The predicted molar refractivity (Wildman–Crippen MR) is 77.1 cm³/mol. The molecule has 1 saturated heterocycles. The summed E-state index contributed by atoms with van der Waals surface area (Å²) in [7, 11) is 6.36. The van der Waals surface area contributed by atoms with Crippen molar-refractivity contribution < 1.29 is 4.74 Å². The Balaban J connectivity index is 2.41. The van der Waals surface area contributed by atoms with Gasteiger partial charge in [-0.2, -0.15) is 0 Å². The SMILES string of the molecule is CCCN(CCN(C)C)CC1COCCC1NC. The highest BCUT2D eigenvalue weighted by atomic mass is 16.5. The first kappa shape index (κ1) is 15.9. The lowest BCUT2D eigenvalue weighted by atomic mass is 9.95. The van der Waals surface area contributed by atoms with Crippen LogP contribution in [0.3, 0.4) is 0 Å². The fraction of sp³-hybridized carbons (Fsp3) is 1.00. The normalized spacial score (nSPS) is 25.0. The first-order valence-electron chi connectivity index (χ1n) is 7.29. The lowest BCUT2D eigenvalue weighted by molar-refractivity contribution is 0.0177. The third kappa shape index (κ3) is 5.65. The highest BCUT2D eigenvalue weighted by Gasteiger charge is 2.26. The third-order valence-corrected chi connectivity index (χ3v) is 3.74. The molecule has 108 valence electrons. The monoisotopic (exact) mass is 257 g/mol. The molecule has 1 N–H and O–H groups in total. The van der Waals surface area contributed by atoms with E-state index in [1.807, 2.05) is 0 Å². The van der Waals surface area contributed by atoms with Crippen molar-refractivity contribution in [2.24, 2.45) is 5.92 Å². The summed E-state index contributed by atoms with van der Waals surface area (Å²) in [6.45, 7) is 8.73. The Morgan fingerprint density at radius 1 is 1.22 bits per heavy atom. The molecule has 0 aromatic heterocycles. The van der Waals surface area contributed by atoms with Crippen molar-refractivity contribution in [2.75, 3.05) is 60.5 Å². The van der Waals surface area contributed by atoms with E-state index < -0.39 is 0 Å². The molecule has 0 radical (unpaired) electrons. The van der Waals surface area contributed by atoms with E-state index in [4.69, 9.17) is 4.74 Å². The van der Waals surface area contributed by atoms with Crippen LogP contribution in [0.1, 0.15) is 19.8 Å². The lowest BCUT2D eigenvalue weighted by Crippen LogP contribution is -2.47. The van der Waals surface area contributed by atoms with E-state index in [1.165, 1.54) is 13.0 Å². The van der Waals surface area contributed by atoms with Crippen LogP contribution in [0.15, 0.2) is 0 Å². The van der Waals surface area contributed by atoms with E-state index >= 15 is 0 Å². The first-order chi connectivity index (χ1) is 8.67. The first-order valence-corrected chi connectivity index (χ1v) is 7.29. The molecule has 0 aromatic carbocycles. The van der Waals surface area contributed by atoms with E-state index in [1.54, 1.807) is 0 Å². The van der Waals surface area contributed by atoms with E-state index in [2.05, 4.69) is 43.2 Å². The molecule has 0 spiro atoms. The summed E-state index contributed by atoms with van der Waals surface area (Å²) in [5.74, 6) is 0.637. The average Bonchev–Trinajstić information content (AvgIpc) is 2.37. The molecule has 0 aliphatic carbocycles. The second-order valence-corrected chi connectivity index (χ2v) is 5.62. The van der Waals surface area contributed by atoms with Crippen LogP contribution in [0, 0.1) is 5.92 Å². The van der Waals surface area contributed by atoms with Crippen LogP contribution in [0.25, 0.3) is 0 Å². The van der Waals surface area contributed by atoms with Gasteiger partial charge in [0.05, 0.1) is 6.61 Å². The molecular weight excluding hydrogens is 226 g/mol. The Kier molecular flexibility index (Phi) is 7.82. The summed E-state index contributed by atoms with van der Waals surface area (Å²) in [6, 6.07) is 0.623. The van der Waals surface area contributed by atoms with Gasteiger partial charge < -0.3 is 19.9 Å². The van der Waals surface area contributed by atoms with Gasteiger partial charge in [-0.3, -0.25) is 0 Å². The Morgan fingerprint density at radius 2 is 2.00 bits per heavy atom. The van der Waals surface area contributed by atoms with Crippen molar-refractivity contribution in [1.29, 1.82) is 0 Å². The van der Waals surface area contributed by atoms with Gasteiger partial charge in [0.15, 0.2) is 0 Å². The van der Waals surface area contributed by atoms with Crippen molar-refractivity contribution >= 4 is 0 Å². The van der Waals surface area contributed by atoms with Crippen molar-refractivity contribution in [3.05, 3.63) is 0 Å². The number of rotatable bonds is 8. The fourth-order valence-corrected chi connectivity index (χ4v) is 2.64. The summed E-state index contributed by atoms with van der Waals surface area (Å²) in [5, 5.41) is 3.45. The predicted octanol–water partition coefficient (Wildman–Crippen LogP) is 0.885. The van der Waals surface area contributed by atoms with E-state index in [0.29, 0.717) is 12.0 Å². The molecule has 0 saturated carbocycles. The summed E-state index contributed by atoms with van der Waals surface area (Å²) in [6.07, 6.45) is 2.38. The zero-order chi connectivity index (χ0) is 13.4. The molecule has 1 aliphatic heterocycles. The van der Waals surface area contributed by atoms with E-state index in [-0.39, 0.29) is 0 Å². The number of nitrogens with one attached hydrogen (secondary N) is 1. The van der Waals surface area contributed by atoms with Crippen LogP contribution in [0.5, 0.6) is 0 Å². The maximum absolute atomic E-state index is 5.64. The van der Waals surface area contributed by atoms with Gasteiger partial charge in [0.2, 0.25) is 0 Å². The highest BCUT2D eigenvalue weighted by molar-refractivity contribution is 4.81. The molecule has 2 unspecified atom stereocenters. The van der Waals surface area contributed by atoms with Crippen LogP contribution in [-0.4, -0.2) is 76.4 Å². The number of hydrogen-bond acceptors (Lipinski definition) is 4. The van der Waals surface area contributed by atoms with Crippen LogP contribution < -0.4 is 5.32 Å². The topological polar surface area (TPSA) is 27.7 Å². The van der Waals surface area contributed by atoms with Crippen molar-refractivity contribution in [1.82, 2.24) is 15.1 Å². The molecule has 4 nitrogen and oxygen atoms in total. The number of hydrogen-bond donors (Lipinski definition) is 1. The minimum Gasteiger partial charge on any atom is -0.381 e. The Morgan fingerprint density at radius 3 is 2.61 bits per heavy atom. The molecule has 0 bridgehead atoms. The average molecular weight is 257 g/mol. The molecular formula is C14H31N3O. The van der Waals surface area contributed by atoms with Gasteiger partial charge in [0, 0.05) is 38.2 Å². The van der Waals surface area contributed by atoms with Crippen molar-refractivity contribution in [3.63, 3.8) is 0 Å². The molecule has 18 heavy (non-hydrogen) atoms. The van der Waals surface area contributed by atoms with Gasteiger partial charge in [0.25, 0.3) is 0 Å². The number of likely N-dealkylation sites (N-methyl/N-ethyl adjacent to an activating group) is 1. The van der Waals surface area contributed by atoms with Gasteiger partial charge in [-0.25, -0.2) is 0 Å². The Hall–Kier alpha value is -0.160. The zero-order valence-corrected chi connectivity index (χ0v) is 12.6. The summed E-state index contributed by atoms with van der Waals surface area (Å²) in [5.41, 5.74) is 0. The van der Waals surface area contributed by atoms with Crippen molar-refractivity contribution in [3.8, 4) is 0 Å². The maximum Gasteiger partial charge on any atom is 0.0521 e. The van der Waals surface area contributed by atoms with Crippen LogP contribution in [0.4, 0.5) is 0 Å². The largest absolute Gasteiger partial charge is 0.381 e. The second kappa shape index (κ2) is 8.86. The van der Waals surface area contributed by atoms with Crippen LogP contribution >= 0.6 is 0 Å². The van der Waals surface area contributed by atoms with E-state index in [0.717, 1.165) is 39.3 Å². The summed E-state index contributed by atoms with van der Waals surface area (Å²) in [4.78, 5) is 4.85. The number of nitrogens with zero attached hydrogens (tertiary/aromatic N) is 2. The standard InChI is InChI=1S/C14H31N3O/c1-5-7-17(9-8-16(3)4)11-13-12-18-10-6-14(13)15-2/h13-15H,5-12H2,1-4H3. The van der Waals surface area contributed by atoms with Crippen LogP contribution in [-0.2, 0) is 4.74 Å². The van der Waals surface area contributed by atoms with Crippen molar-refractivity contribution in [2.45, 2.75) is 25.8 Å². The molecule has 1 fully saturated rings. The fourth-order valence-electron chi connectivity index (χ4n) is 2.64. The quantitative estimate of drug-likeness (QED) is 0.699. The molecule has 0 amide bonds. The molecule has 4 heteroatoms. The van der Waals surface area contributed by atoms with Gasteiger partial charge in [-0.05, 0) is 40.5 Å². The minimum absolute atomic E-state index is 0.623. The second-order valence-electron chi connectivity index (χ2n) is 5.62. The summed E-state index contributed by atoms with van der Waals surface area (Å²) < 4.78 is 5.64. The Labute approximate surface area is 113 Å². The zero-order valence-electron chi connectivity index (χ0n) is 12.6. The summed E-state index contributed by atoms with van der Waals surface area (Å²) >= 11 is 0. The molecule has 1 aliphatic rings. The van der Waals surface area contributed by atoms with Gasteiger partial charge in [-0.15, -0.1) is 0 Å². The third-order valence-electron chi connectivity index (χ3n) is 3.74. The highest BCUT2D eigenvalue weighted by Crippen LogP contribution is 2.16. The van der Waals surface area contributed by atoms with E-state index in [9.17, 15) is 0 Å². The number of ether oxygens (including phenoxy) is 1. The molecule has 1 rings (SSSR count). The lowest BCUT2D eigenvalue weighted by Gasteiger charge is -2.35.